The van der Waals surface area contributed by atoms with Gasteiger partial charge in [0.05, 0.1) is 0 Å². The van der Waals surface area contributed by atoms with Crippen LogP contribution in [0.3, 0.4) is 0 Å². The Labute approximate surface area is 96.3 Å². The first-order valence-corrected chi connectivity index (χ1v) is 5.36. The second-order valence-corrected chi connectivity index (χ2v) is 3.93. The zero-order valence-corrected chi connectivity index (χ0v) is 9.54. The molecule has 0 bridgehead atoms. The lowest BCUT2D eigenvalue weighted by atomic mass is 10.2. The summed E-state index contributed by atoms with van der Waals surface area (Å²) in [6.45, 7) is 3.69. The van der Waals surface area contributed by atoms with Crippen molar-refractivity contribution >= 4 is 5.65 Å². The average Bonchev–Trinajstić information content (AvgIpc) is 2.67. The third-order valence-electron chi connectivity index (χ3n) is 2.52. The maximum atomic E-state index is 12.5. The standard InChI is InChI=1S/C11H12F3N3/c1-3-4-8-6-5-7(2)9-15-10(11(12,13)14)16-17(8)9/h5-6H,3-4H2,1-2H3. The average molecular weight is 243 g/mol. The molecule has 0 aromatic carbocycles. The molecule has 0 radical (unpaired) electrons. The maximum Gasteiger partial charge on any atom is 0.453 e. The van der Waals surface area contributed by atoms with Gasteiger partial charge in [-0.05, 0) is 25.0 Å². The summed E-state index contributed by atoms with van der Waals surface area (Å²) >= 11 is 0. The number of alkyl halides is 3. The van der Waals surface area contributed by atoms with E-state index in [2.05, 4.69) is 10.1 Å². The zero-order chi connectivity index (χ0) is 12.6. The Morgan fingerprint density at radius 3 is 2.59 bits per heavy atom. The van der Waals surface area contributed by atoms with E-state index < -0.39 is 12.0 Å². The van der Waals surface area contributed by atoms with Crippen LogP contribution < -0.4 is 0 Å². The van der Waals surface area contributed by atoms with Crippen LogP contribution in [-0.4, -0.2) is 14.6 Å². The number of fused-ring (bicyclic) bond motifs is 1. The summed E-state index contributed by atoms with van der Waals surface area (Å²) in [7, 11) is 0. The van der Waals surface area contributed by atoms with Crippen molar-refractivity contribution in [2.75, 3.05) is 0 Å². The van der Waals surface area contributed by atoms with Crippen LogP contribution in [0.25, 0.3) is 5.65 Å². The van der Waals surface area contributed by atoms with E-state index in [1.54, 1.807) is 19.1 Å². The van der Waals surface area contributed by atoms with Crippen LogP contribution in [0.1, 0.15) is 30.4 Å². The predicted octanol–water partition coefficient (Wildman–Crippen LogP) is 3.01. The lowest BCUT2D eigenvalue weighted by Gasteiger charge is -2.03. The van der Waals surface area contributed by atoms with Gasteiger partial charge in [0, 0.05) is 5.69 Å². The molecule has 0 N–H and O–H groups in total. The molecule has 2 aromatic rings. The lowest BCUT2D eigenvalue weighted by Crippen LogP contribution is -2.08. The van der Waals surface area contributed by atoms with Gasteiger partial charge < -0.3 is 0 Å². The molecular formula is C11H12F3N3. The Kier molecular flexibility index (Phi) is 2.81. The molecule has 0 atom stereocenters. The number of aromatic nitrogens is 3. The van der Waals surface area contributed by atoms with Crippen molar-refractivity contribution in [1.82, 2.24) is 14.6 Å². The molecule has 0 spiro atoms. The largest absolute Gasteiger partial charge is 0.453 e. The molecule has 17 heavy (non-hydrogen) atoms. The number of nitrogens with zero attached hydrogens (tertiary/aromatic N) is 3. The summed E-state index contributed by atoms with van der Waals surface area (Å²) in [4.78, 5) is 3.55. The fraction of sp³-hybridized carbons (Fsp3) is 0.455. The highest BCUT2D eigenvalue weighted by Crippen LogP contribution is 2.27. The molecule has 2 aromatic heterocycles. The van der Waals surface area contributed by atoms with Crippen molar-refractivity contribution in [3.63, 3.8) is 0 Å². The second-order valence-electron chi connectivity index (χ2n) is 3.93. The van der Waals surface area contributed by atoms with Gasteiger partial charge in [-0.2, -0.15) is 13.2 Å². The van der Waals surface area contributed by atoms with Gasteiger partial charge in [-0.15, -0.1) is 5.10 Å². The molecule has 3 nitrogen and oxygen atoms in total. The van der Waals surface area contributed by atoms with Crippen molar-refractivity contribution < 1.29 is 13.2 Å². The summed E-state index contributed by atoms with van der Waals surface area (Å²) in [6.07, 6.45) is -2.97. The smallest absolute Gasteiger partial charge is 0.217 e. The van der Waals surface area contributed by atoms with Crippen LogP contribution in [0.5, 0.6) is 0 Å². The van der Waals surface area contributed by atoms with E-state index in [4.69, 9.17) is 0 Å². The number of aryl methyl sites for hydroxylation is 2. The fourth-order valence-electron chi connectivity index (χ4n) is 1.70. The normalized spacial score (nSPS) is 12.3. The Morgan fingerprint density at radius 1 is 1.29 bits per heavy atom. The summed E-state index contributed by atoms with van der Waals surface area (Å²) in [5, 5.41) is 3.54. The fourth-order valence-corrected chi connectivity index (χ4v) is 1.70. The Hall–Kier alpha value is -1.59. The van der Waals surface area contributed by atoms with E-state index in [0.717, 1.165) is 12.1 Å². The minimum absolute atomic E-state index is 0.281. The minimum Gasteiger partial charge on any atom is -0.217 e. The van der Waals surface area contributed by atoms with Crippen molar-refractivity contribution in [1.29, 1.82) is 0 Å². The Balaban J connectivity index is 2.65. The quantitative estimate of drug-likeness (QED) is 0.811. The molecule has 0 saturated carbocycles. The van der Waals surface area contributed by atoms with Crippen LogP contribution in [0.2, 0.25) is 0 Å². The van der Waals surface area contributed by atoms with E-state index in [0.29, 0.717) is 12.0 Å². The van der Waals surface area contributed by atoms with E-state index in [1.165, 1.54) is 4.52 Å². The second kappa shape index (κ2) is 4.01. The molecular weight excluding hydrogens is 231 g/mol. The summed E-state index contributed by atoms with van der Waals surface area (Å²) in [5.74, 6) is -1.08. The SMILES string of the molecule is CCCc1ccc(C)c2nc(C(F)(F)F)nn12. The van der Waals surface area contributed by atoms with Crippen molar-refractivity contribution in [2.24, 2.45) is 0 Å². The highest BCUT2D eigenvalue weighted by Gasteiger charge is 2.36. The molecule has 0 fully saturated rings. The highest BCUT2D eigenvalue weighted by atomic mass is 19.4. The summed E-state index contributed by atoms with van der Waals surface area (Å²) in [6, 6.07) is 3.57. The monoisotopic (exact) mass is 243 g/mol. The van der Waals surface area contributed by atoms with Gasteiger partial charge in [0.1, 0.15) is 0 Å². The lowest BCUT2D eigenvalue weighted by molar-refractivity contribution is -0.144. The number of halogens is 3. The third-order valence-corrected chi connectivity index (χ3v) is 2.52. The first kappa shape index (κ1) is 11.9. The zero-order valence-electron chi connectivity index (χ0n) is 9.54. The van der Waals surface area contributed by atoms with E-state index in [1.807, 2.05) is 6.92 Å². The van der Waals surface area contributed by atoms with E-state index in [-0.39, 0.29) is 5.65 Å². The predicted molar refractivity (Wildman–Crippen MR) is 56.7 cm³/mol. The Morgan fingerprint density at radius 2 is 2.00 bits per heavy atom. The van der Waals surface area contributed by atoms with Crippen LogP contribution in [0.15, 0.2) is 12.1 Å². The molecule has 2 rings (SSSR count). The molecule has 0 aliphatic heterocycles. The van der Waals surface area contributed by atoms with E-state index in [9.17, 15) is 13.2 Å². The van der Waals surface area contributed by atoms with Gasteiger partial charge >= 0.3 is 6.18 Å². The van der Waals surface area contributed by atoms with Gasteiger partial charge in [0.2, 0.25) is 0 Å². The van der Waals surface area contributed by atoms with Crippen molar-refractivity contribution in [3.8, 4) is 0 Å². The molecule has 0 aliphatic carbocycles. The van der Waals surface area contributed by atoms with Gasteiger partial charge in [-0.3, -0.25) is 0 Å². The van der Waals surface area contributed by atoms with Gasteiger partial charge in [-0.25, -0.2) is 9.50 Å². The molecule has 92 valence electrons. The molecule has 0 unspecified atom stereocenters. The Bertz CT molecular complexity index is 543. The minimum atomic E-state index is -4.50. The number of hydrogen-bond donors (Lipinski definition) is 0. The van der Waals surface area contributed by atoms with Gasteiger partial charge in [0.15, 0.2) is 5.65 Å². The van der Waals surface area contributed by atoms with Gasteiger partial charge in [0.25, 0.3) is 5.82 Å². The van der Waals surface area contributed by atoms with Crippen LogP contribution in [0, 0.1) is 6.92 Å². The first-order chi connectivity index (χ1) is 7.93. The third kappa shape index (κ3) is 2.11. The summed E-state index contributed by atoms with van der Waals surface area (Å²) in [5.41, 5.74) is 1.72. The molecule has 0 aliphatic rings. The molecule has 6 heteroatoms. The van der Waals surface area contributed by atoms with Gasteiger partial charge in [-0.1, -0.05) is 19.4 Å². The van der Waals surface area contributed by atoms with E-state index >= 15 is 0 Å². The van der Waals surface area contributed by atoms with Crippen molar-refractivity contribution in [3.05, 3.63) is 29.2 Å². The molecule has 0 saturated heterocycles. The number of hydrogen-bond acceptors (Lipinski definition) is 2. The van der Waals surface area contributed by atoms with Crippen LogP contribution in [0.4, 0.5) is 13.2 Å². The summed E-state index contributed by atoms with van der Waals surface area (Å²) < 4.78 is 38.9. The van der Waals surface area contributed by atoms with Crippen molar-refractivity contribution in [2.45, 2.75) is 32.9 Å². The molecule has 0 amide bonds. The highest BCUT2D eigenvalue weighted by molar-refractivity contribution is 5.47. The topological polar surface area (TPSA) is 30.2 Å². The number of pyridine rings is 1. The van der Waals surface area contributed by atoms with Crippen LogP contribution >= 0.6 is 0 Å². The molecule has 2 heterocycles. The maximum absolute atomic E-state index is 12.5. The van der Waals surface area contributed by atoms with Crippen LogP contribution in [-0.2, 0) is 12.6 Å². The number of rotatable bonds is 2. The first-order valence-electron chi connectivity index (χ1n) is 5.36.